The molecule has 1 nitrogen and oxygen atoms in total. The Morgan fingerprint density at radius 2 is 1.94 bits per heavy atom. The minimum Gasteiger partial charge on any atom is -0.388 e. The fourth-order valence-corrected chi connectivity index (χ4v) is 5.34. The van der Waals surface area contributed by atoms with Crippen LogP contribution in [0.25, 0.3) is 0 Å². The van der Waals surface area contributed by atoms with Gasteiger partial charge in [0.05, 0.1) is 6.10 Å². The van der Waals surface area contributed by atoms with Gasteiger partial charge < -0.3 is 5.11 Å². The molecule has 0 unspecified atom stereocenters. The van der Waals surface area contributed by atoms with Crippen molar-refractivity contribution in [1.82, 2.24) is 0 Å². The standard InChI is InChI=1S/C14H23IO/c1-9-5-6-14(4)10(12(9)16)7-13(2,3)8-11(14)15/h5,10-12,16H,6-8H2,1-4H3/t10-,11-,12+,14-/m0/s1. The minimum absolute atomic E-state index is 0.212. The van der Waals surface area contributed by atoms with Crippen LogP contribution < -0.4 is 0 Å². The van der Waals surface area contributed by atoms with Crippen molar-refractivity contribution in [3.8, 4) is 0 Å². The third kappa shape index (κ3) is 1.96. The molecular weight excluding hydrogens is 311 g/mol. The lowest BCUT2D eigenvalue weighted by atomic mass is 9.54. The summed E-state index contributed by atoms with van der Waals surface area (Å²) in [6.45, 7) is 9.14. The average Bonchev–Trinajstić information content (AvgIpc) is 2.17. The lowest BCUT2D eigenvalue weighted by Gasteiger charge is -2.54. The van der Waals surface area contributed by atoms with E-state index in [2.05, 4.69) is 56.4 Å². The van der Waals surface area contributed by atoms with Gasteiger partial charge in [0.1, 0.15) is 0 Å². The van der Waals surface area contributed by atoms with E-state index in [1.165, 1.54) is 12.0 Å². The van der Waals surface area contributed by atoms with Gasteiger partial charge in [0.15, 0.2) is 0 Å². The van der Waals surface area contributed by atoms with Crippen molar-refractivity contribution < 1.29 is 5.11 Å². The van der Waals surface area contributed by atoms with E-state index < -0.39 is 0 Å². The van der Waals surface area contributed by atoms with Gasteiger partial charge in [-0.05, 0) is 48.5 Å². The molecule has 0 spiro atoms. The van der Waals surface area contributed by atoms with Crippen LogP contribution in [0.1, 0.15) is 47.0 Å². The second-order valence-corrected chi connectivity index (χ2v) is 8.25. The van der Waals surface area contributed by atoms with Gasteiger partial charge in [-0.1, -0.05) is 49.4 Å². The lowest BCUT2D eigenvalue weighted by molar-refractivity contribution is -0.0262. The quantitative estimate of drug-likeness (QED) is 0.404. The number of hydrogen-bond acceptors (Lipinski definition) is 1. The molecule has 2 aliphatic carbocycles. The molecule has 4 atom stereocenters. The number of alkyl halides is 1. The Balaban J connectivity index is 2.35. The highest BCUT2D eigenvalue weighted by Gasteiger charge is 2.51. The Morgan fingerprint density at radius 3 is 2.56 bits per heavy atom. The Hall–Kier alpha value is 0.430. The molecule has 16 heavy (non-hydrogen) atoms. The molecule has 1 saturated carbocycles. The van der Waals surface area contributed by atoms with Gasteiger partial charge in [-0.25, -0.2) is 0 Å². The smallest absolute Gasteiger partial charge is 0.0781 e. The van der Waals surface area contributed by atoms with Crippen LogP contribution in [0.5, 0.6) is 0 Å². The summed E-state index contributed by atoms with van der Waals surface area (Å²) < 4.78 is 0.679. The Kier molecular flexibility index (Phi) is 3.20. The van der Waals surface area contributed by atoms with Gasteiger partial charge in [-0.2, -0.15) is 0 Å². The first-order valence-corrected chi connectivity index (χ1v) is 7.50. The van der Waals surface area contributed by atoms with Gasteiger partial charge in [0, 0.05) is 3.92 Å². The molecule has 0 aromatic heterocycles. The summed E-state index contributed by atoms with van der Waals surface area (Å²) in [7, 11) is 0. The number of hydrogen-bond donors (Lipinski definition) is 1. The van der Waals surface area contributed by atoms with Crippen LogP contribution >= 0.6 is 22.6 Å². The van der Waals surface area contributed by atoms with Gasteiger partial charge in [0.2, 0.25) is 0 Å². The van der Waals surface area contributed by atoms with Crippen molar-refractivity contribution in [2.24, 2.45) is 16.7 Å². The molecule has 0 saturated heterocycles. The molecule has 0 radical (unpaired) electrons. The fraction of sp³-hybridized carbons (Fsp3) is 0.857. The van der Waals surface area contributed by atoms with Crippen LogP contribution in [0.3, 0.4) is 0 Å². The van der Waals surface area contributed by atoms with Crippen LogP contribution in [0.4, 0.5) is 0 Å². The molecule has 2 aliphatic rings. The van der Waals surface area contributed by atoms with Crippen LogP contribution in [0, 0.1) is 16.7 Å². The normalized spacial score (nSPS) is 47.1. The maximum Gasteiger partial charge on any atom is 0.0781 e. The summed E-state index contributed by atoms with van der Waals surface area (Å²) in [5.41, 5.74) is 1.87. The van der Waals surface area contributed by atoms with Gasteiger partial charge in [-0.3, -0.25) is 0 Å². The first kappa shape index (κ1) is 12.9. The van der Waals surface area contributed by atoms with Crippen LogP contribution in [0.2, 0.25) is 0 Å². The number of rotatable bonds is 0. The third-order valence-corrected chi connectivity index (χ3v) is 6.64. The third-order valence-electron chi connectivity index (χ3n) is 4.78. The zero-order valence-electron chi connectivity index (χ0n) is 10.8. The van der Waals surface area contributed by atoms with Crippen molar-refractivity contribution in [3.05, 3.63) is 11.6 Å². The fourth-order valence-electron chi connectivity index (χ4n) is 3.43. The Labute approximate surface area is 113 Å². The molecule has 92 valence electrons. The predicted molar refractivity (Wildman–Crippen MR) is 76.8 cm³/mol. The molecule has 2 heteroatoms. The number of halogens is 1. The molecule has 0 heterocycles. The predicted octanol–water partition coefficient (Wildman–Crippen LogP) is 3.94. The highest BCUT2D eigenvalue weighted by molar-refractivity contribution is 14.1. The molecule has 0 aromatic rings. The molecule has 0 aliphatic heterocycles. The Morgan fingerprint density at radius 1 is 1.31 bits per heavy atom. The summed E-state index contributed by atoms with van der Waals surface area (Å²) in [5, 5.41) is 10.4. The van der Waals surface area contributed by atoms with E-state index in [-0.39, 0.29) is 6.10 Å². The summed E-state index contributed by atoms with van der Waals surface area (Å²) in [6, 6.07) is 0. The van der Waals surface area contributed by atoms with Crippen molar-refractivity contribution >= 4 is 22.6 Å². The van der Waals surface area contributed by atoms with Crippen molar-refractivity contribution in [1.29, 1.82) is 0 Å². The number of allylic oxidation sites excluding steroid dienone is 1. The molecule has 2 rings (SSSR count). The van der Waals surface area contributed by atoms with Crippen molar-refractivity contribution in [2.45, 2.75) is 57.0 Å². The zero-order chi connectivity index (χ0) is 12.1. The van der Waals surface area contributed by atoms with E-state index in [9.17, 15) is 5.11 Å². The summed E-state index contributed by atoms with van der Waals surface area (Å²) in [5.74, 6) is 0.447. The second-order valence-electron chi connectivity index (χ2n) is 6.75. The minimum atomic E-state index is -0.212. The second kappa shape index (κ2) is 3.98. The SMILES string of the molecule is CC1=CC[C@]2(C)[C@@H](I)CC(C)(C)C[C@H]2[C@@H]1O. The van der Waals surface area contributed by atoms with E-state index in [0.29, 0.717) is 20.7 Å². The first-order chi connectivity index (χ1) is 7.26. The highest BCUT2D eigenvalue weighted by atomic mass is 127. The van der Waals surface area contributed by atoms with E-state index in [1.807, 2.05) is 0 Å². The zero-order valence-corrected chi connectivity index (χ0v) is 12.9. The van der Waals surface area contributed by atoms with Crippen LogP contribution in [-0.4, -0.2) is 15.1 Å². The first-order valence-electron chi connectivity index (χ1n) is 6.25. The molecule has 0 aromatic carbocycles. The summed E-state index contributed by atoms with van der Waals surface area (Å²) >= 11 is 2.61. The molecular formula is C14H23IO. The number of fused-ring (bicyclic) bond motifs is 1. The summed E-state index contributed by atoms with van der Waals surface area (Å²) in [4.78, 5) is 0. The molecule has 0 bridgehead atoms. The van der Waals surface area contributed by atoms with Crippen LogP contribution in [0.15, 0.2) is 11.6 Å². The summed E-state index contributed by atoms with van der Waals surface area (Å²) in [6.07, 6.45) is 5.63. The number of aliphatic hydroxyl groups is 1. The maximum absolute atomic E-state index is 10.4. The monoisotopic (exact) mass is 334 g/mol. The van der Waals surface area contributed by atoms with E-state index in [1.54, 1.807) is 0 Å². The average molecular weight is 334 g/mol. The van der Waals surface area contributed by atoms with E-state index >= 15 is 0 Å². The molecule has 0 amide bonds. The number of aliphatic hydroxyl groups excluding tert-OH is 1. The highest BCUT2D eigenvalue weighted by Crippen LogP contribution is 2.57. The van der Waals surface area contributed by atoms with E-state index in [4.69, 9.17) is 0 Å². The lowest BCUT2D eigenvalue weighted by Crippen LogP contribution is -2.51. The van der Waals surface area contributed by atoms with E-state index in [0.717, 1.165) is 12.8 Å². The van der Waals surface area contributed by atoms with Gasteiger partial charge in [-0.15, -0.1) is 0 Å². The molecule has 1 N–H and O–H groups in total. The van der Waals surface area contributed by atoms with Crippen LogP contribution in [-0.2, 0) is 0 Å². The Bertz CT molecular complexity index is 321. The van der Waals surface area contributed by atoms with Gasteiger partial charge >= 0.3 is 0 Å². The van der Waals surface area contributed by atoms with Crippen molar-refractivity contribution in [2.75, 3.05) is 0 Å². The maximum atomic E-state index is 10.4. The molecule has 1 fully saturated rings. The van der Waals surface area contributed by atoms with Crippen molar-refractivity contribution in [3.63, 3.8) is 0 Å². The van der Waals surface area contributed by atoms with Gasteiger partial charge in [0.25, 0.3) is 0 Å². The topological polar surface area (TPSA) is 20.2 Å². The largest absolute Gasteiger partial charge is 0.388 e.